The summed E-state index contributed by atoms with van der Waals surface area (Å²) in [5, 5.41) is 0. The van der Waals surface area contributed by atoms with E-state index >= 15 is 0 Å². The molecule has 0 aliphatic carbocycles. The Balaban J connectivity index is 2.50. The molecule has 0 N–H and O–H groups in total. The second-order valence-corrected chi connectivity index (χ2v) is 5.43. The van der Waals surface area contributed by atoms with Crippen LogP contribution in [-0.4, -0.2) is 0 Å². The van der Waals surface area contributed by atoms with Gasteiger partial charge in [-0.2, -0.15) is 0 Å². The maximum absolute atomic E-state index is 2.39. The molecule has 0 unspecified atom stereocenters. The van der Waals surface area contributed by atoms with Gasteiger partial charge in [0.25, 0.3) is 0 Å². The molecule has 0 fully saturated rings. The van der Waals surface area contributed by atoms with Crippen molar-refractivity contribution in [3.05, 3.63) is 56.7 Å². The summed E-state index contributed by atoms with van der Waals surface area (Å²) in [4.78, 5) is 0. The van der Waals surface area contributed by atoms with E-state index in [2.05, 4.69) is 79.8 Å². The summed E-state index contributed by atoms with van der Waals surface area (Å²) < 4.78 is 1.33. The first-order valence-corrected chi connectivity index (χ1v) is 6.49. The van der Waals surface area contributed by atoms with Crippen LogP contribution in [0.5, 0.6) is 0 Å². The summed E-state index contributed by atoms with van der Waals surface area (Å²) in [6.45, 7) is 6.46. The Hall–Kier alpha value is -0.830. The molecule has 0 aliphatic heterocycles. The zero-order valence-corrected chi connectivity index (χ0v) is 12.0. The molecule has 2 aromatic carbocycles. The lowest BCUT2D eigenvalue weighted by Gasteiger charge is -2.07. The van der Waals surface area contributed by atoms with Crippen molar-refractivity contribution in [3.63, 3.8) is 0 Å². The predicted octanol–water partition coefficient (Wildman–Crippen LogP) is 4.88. The van der Waals surface area contributed by atoms with Gasteiger partial charge in [-0.1, -0.05) is 30.3 Å². The van der Waals surface area contributed by atoms with Crippen LogP contribution in [0.4, 0.5) is 0 Å². The van der Waals surface area contributed by atoms with Gasteiger partial charge in [0.2, 0.25) is 0 Å². The average molecular weight is 322 g/mol. The van der Waals surface area contributed by atoms with Crippen LogP contribution in [0.3, 0.4) is 0 Å². The van der Waals surface area contributed by atoms with Crippen LogP contribution < -0.4 is 0 Å². The van der Waals surface area contributed by atoms with Crippen LogP contribution >= 0.6 is 22.6 Å². The topological polar surface area (TPSA) is 0 Å². The normalized spacial score (nSPS) is 10.5. The van der Waals surface area contributed by atoms with Gasteiger partial charge in [-0.3, -0.25) is 0 Å². The number of aryl methyl sites for hydroxylation is 3. The molecule has 0 atom stereocenters. The van der Waals surface area contributed by atoms with Gasteiger partial charge in [0, 0.05) is 3.57 Å². The highest BCUT2D eigenvalue weighted by atomic mass is 127. The molecule has 1 heteroatoms. The van der Waals surface area contributed by atoms with E-state index in [0.717, 1.165) is 0 Å². The first kappa shape index (κ1) is 11.6. The van der Waals surface area contributed by atoms with Gasteiger partial charge in [-0.25, -0.2) is 0 Å². The summed E-state index contributed by atoms with van der Waals surface area (Å²) in [6, 6.07) is 13.3. The summed E-state index contributed by atoms with van der Waals surface area (Å²) in [5.74, 6) is 0. The van der Waals surface area contributed by atoms with Crippen molar-refractivity contribution in [2.75, 3.05) is 0 Å². The molecule has 0 amide bonds. The van der Waals surface area contributed by atoms with Gasteiger partial charge in [0.15, 0.2) is 0 Å². The molecule has 16 heavy (non-hydrogen) atoms. The fourth-order valence-electron chi connectivity index (χ4n) is 1.69. The van der Waals surface area contributed by atoms with E-state index in [1.807, 2.05) is 0 Å². The fourth-order valence-corrected chi connectivity index (χ4v) is 2.21. The standard InChI is InChI=1S/C15H15I/c1-10-4-6-13(8-12(10)3)14-7-5-11(2)15(16)9-14/h4-9H,1-3H3. The Labute approximate surface area is 111 Å². The summed E-state index contributed by atoms with van der Waals surface area (Å²) >= 11 is 2.39. The number of hydrogen-bond acceptors (Lipinski definition) is 0. The molecule has 0 heterocycles. The molecule has 0 aliphatic rings. The second-order valence-electron chi connectivity index (χ2n) is 4.26. The van der Waals surface area contributed by atoms with E-state index in [4.69, 9.17) is 0 Å². The van der Waals surface area contributed by atoms with Crippen LogP contribution in [0.1, 0.15) is 16.7 Å². The van der Waals surface area contributed by atoms with Crippen LogP contribution in [-0.2, 0) is 0 Å². The largest absolute Gasteiger partial charge is 0.0584 e. The average Bonchev–Trinajstić information content (AvgIpc) is 2.26. The Morgan fingerprint density at radius 2 is 1.25 bits per heavy atom. The van der Waals surface area contributed by atoms with E-state index in [0.29, 0.717) is 0 Å². The van der Waals surface area contributed by atoms with E-state index < -0.39 is 0 Å². The molecule has 0 saturated carbocycles. The van der Waals surface area contributed by atoms with E-state index in [9.17, 15) is 0 Å². The van der Waals surface area contributed by atoms with Gasteiger partial charge in [0.05, 0.1) is 0 Å². The molecule has 0 radical (unpaired) electrons. The van der Waals surface area contributed by atoms with Crippen molar-refractivity contribution in [1.82, 2.24) is 0 Å². The summed E-state index contributed by atoms with van der Waals surface area (Å²) in [6.07, 6.45) is 0. The number of benzene rings is 2. The minimum atomic E-state index is 1.30. The van der Waals surface area contributed by atoms with E-state index in [1.54, 1.807) is 0 Å². The predicted molar refractivity (Wildman–Crippen MR) is 78.8 cm³/mol. The van der Waals surface area contributed by atoms with Crippen molar-refractivity contribution in [2.24, 2.45) is 0 Å². The van der Waals surface area contributed by atoms with Gasteiger partial charge in [-0.15, -0.1) is 0 Å². The third kappa shape index (κ3) is 2.29. The van der Waals surface area contributed by atoms with Crippen molar-refractivity contribution < 1.29 is 0 Å². The zero-order valence-electron chi connectivity index (χ0n) is 9.84. The molecule has 0 spiro atoms. The number of hydrogen-bond donors (Lipinski definition) is 0. The summed E-state index contributed by atoms with van der Waals surface area (Å²) in [7, 11) is 0. The highest BCUT2D eigenvalue weighted by molar-refractivity contribution is 14.1. The Morgan fingerprint density at radius 3 is 1.81 bits per heavy atom. The van der Waals surface area contributed by atoms with Crippen LogP contribution in [0.25, 0.3) is 11.1 Å². The molecule has 2 aromatic rings. The number of rotatable bonds is 1. The monoisotopic (exact) mass is 322 g/mol. The van der Waals surface area contributed by atoms with E-state index in [1.165, 1.54) is 31.4 Å². The zero-order chi connectivity index (χ0) is 11.7. The third-order valence-electron chi connectivity index (χ3n) is 3.01. The molecule has 2 rings (SSSR count). The Bertz CT molecular complexity index is 477. The van der Waals surface area contributed by atoms with Crippen LogP contribution in [0.15, 0.2) is 36.4 Å². The first-order chi connectivity index (χ1) is 7.58. The van der Waals surface area contributed by atoms with Crippen molar-refractivity contribution >= 4 is 22.6 Å². The van der Waals surface area contributed by atoms with E-state index in [-0.39, 0.29) is 0 Å². The highest BCUT2D eigenvalue weighted by Crippen LogP contribution is 2.25. The molecule has 0 bridgehead atoms. The highest BCUT2D eigenvalue weighted by Gasteiger charge is 2.01. The Kier molecular flexibility index (Phi) is 3.33. The maximum atomic E-state index is 2.39. The van der Waals surface area contributed by atoms with Gasteiger partial charge in [-0.05, 0) is 77.2 Å². The smallest absolute Gasteiger partial charge is 0.0165 e. The third-order valence-corrected chi connectivity index (χ3v) is 4.17. The minimum Gasteiger partial charge on any atom is -0.0584 e. The van der Waals surface area contributed by atoms with Gasteiger partial charge >= 0.3 is 0 Å². The van der Waals surface area contributed by atoms with Gasteiger partial charge < -0.3 is 0 Å². The number of halogens is 1. The lowest BCUT2D eigenvalue weighted by Crippen LogP contribution is -1.86. The van der Waals surface area contributed by atoms with Crippen molar-refractivity contribution in [1.29, 1.82) is 0 Å². The molecule has 0 aromatic heterocycles. The SMILES string of the molecule is Cc1ccc(-c2ccc(C)c(I)c2)cc1C. The van der Waals surface area contributed by atoms with Gasteiger partial charge in [0.1, 0.15) is 0 Å². The molecule has 82 valence electrons. The molecule has 0 nitrogen and oxygen atoms in total. The molecular formula is C15H15I. The lowest BCUT2D eigenvalue weighted by molar-refractivity contribution is 1.34. The van der Waals surface area contributed by atoms with Crippen molar-refractivity contribution in [3.8, 4) is 11.1 Å². The second kappa shape index (κ2) is 4.58. The molecular weight excluding hydrogens is 307 g/mol. The maximum Gasteiger partial charge on any atom is 0.0165 e. The van der Waals surface area contributed by atoms with Crippen LogP contribution in [0.2, 0.25) is 0 Å². The fraction of sp³-hybridized carbons (Fsp3) is 0.200. The summed E-state index contributed by atoms with van der Waals surface area (Å²) in [5.41, 5.74) is 6.66. The minimum absolute atomic E-state index is 1.30. The molecule has 0 saturated heterocycles. The van der Waals surface area contributed by atoms with Crippen LogP contribution in [0, 0.1) is 24.3 Å². The van der Waals surface area contributed by atoms with Crippen molar-refractivity contribution in [2.45, 2.75) is 20.8 Å². The Morgan fingerprint density at radius 1 is 0.688 bits per heavy atom. The lowest BCUT2D eigenvalue weighted by atomic mass is 10.00. The quantitative estimate of drug-likeness (QED) is 0.656. The first-order valence-electron chi connectivity index (χ1n) is 5.42.